The first-order valence-corrected chi connectivity index (χ1v) is 4.11. The summed E-state index contributed by atoms with van der Waals surface area (Å²) in [6.07, 6.45) is 0.625. The number of rotatable bonds is 2. The summed E-state index contributed by atoms with van der Waals surface area (Å²) in [7, 11) is 0. The highest BCUT2D eigenvalue weighted by Crippen LogP contribution is 2.32. The molecular weight excluding hydrogens is 148 g/mol. The molecule has 1 fully saturated rings. The average molecular weight is 163 g/mol. The van der Waals surface area contributed by atoms with E-state index in [1.807, 2.05) is 13.8 Å². The molecule has 1 aliphatic heterocycles. The fraction of sp³-hybridized carbons (Fsp3) is 1.00. The zero-order valence-electron chi connectivity index (χ0n) is 7.03. The Morgan fingerprint density at radius 3 is 2.55 bits per heavy atom. The van der Waals surface area contributed by atoms with Crippen LogP contribution in [0.5, 0.6) is 0 Å². The standard InChI is InChI=1S/C8H15F2N/c1-6(2)3-7-4-11-5-8(7,9)10/h6-7,11H,3-5H2,1-2H3. The molecule has 0 aromatic carbocycles. The van der Waals surface area contributed by atoms with Crippen molar-refractivity contribution in [3.63, 3.8) is 0 Å². The number of nitrogens with one attached hydrogen (secondary N) is 1. The summed E-state index contributed by atoms with van der Waals surface area (Å²) in [5.41, 5.74) is 0. The van der Waals surface area contributed by atoms with Gasteiger partial charge in [-0.25, -0.2) is 8.78 Å². The minimum atomic E-state index is -2.47. The summed E-state index contributed by atoms with van der Waals surface area (Å²) >= 11 is 0. The van der Waals surface area contributed by atoms with Crippen molar-refractivity contribution in [3.8, 4) is 0 Å². The van der Waals surface area contributed by atoms with Gasteiger partial charge in [0.15, 0.2) is 0 Å². The van der Waals surface area contributed by atoms with E-state index < -0.39 is 11.8 Å². The maximum atomic E-state index is 12.9. The molecule has 0 radical (unpaired) electrons. The van der Waals surface area contributed by atoms with Crippen LogP contribution in [0.15, 0.2) is 0 Å². The first-order valence-electron chi connectivity index (χ1n) is 4.11. The fourth-order valence-electron chi connectivity index (χ4n) is 1.53. The molecule has 1 saturated heterocycles. The van der Waals surface area contributed by atoms with E-state index >= 15 is 0 Å². The monoisotopic (exact) mass is 163 g/mol. The van der Waals surface area contributed by atoms with E-state index in [1.54, 1.807) is 0 Å². The third kappa shape index (κ3) is 2.12. The SMILES string of the molecule is CC(C)CC1CNCC1(F)F. The number of alkyl halides is 2. The van der Waals surface area contributed by atoms with E-state index in [9.17, 15) is 8.78 Å². The molecule has 3 heteroatoms. The van der Waals surface area contributed by atoms with Crippen LogP contribution in [0.25, 0.3) is 0 Å². The van der Waals surface area contributed by atoms with Crippen LogP contribution in [0, 0.1) is 11.8 Å². The highest BCUT2D eigenvalue weighted by atomic mass is 19.3. The molecule has 0 aliphatic carbocycles. The molecule has 0 aromatic rings. The Balaban J connectivity index is 2.45. The van der Waals surface area contributed by atoms with Crippen molar-refractivity contribution in [2.45, 2.75) is 26.2 Å². The number of halogens is 2. The van der Waals surface area contributed by atoms with Crippen LogP contribution in [0.1, 0.15) is 20.3 Å². The quantitative estimate of drug-likeness (QED) is 0.655. The average Bonchev–Trinajstić information content (AvgIpc) is 2.10. The van der Waals surface area contributed by atoms with Crippen molar-refractivity contribution < 1.29 is 8.78 Å². The lowest BCUT2D eigenvalue weighted by Crippen LogP contribution is -2.27. The highest BCUT2D eigenvalue weighted by Gasteiger charge is 2.43. The Hall–Kier alpha value is -0.180. The molecule has 66 valence electrons. The fourth-order valence-corrected chi connectivity index (χ4v) is 1.53. The normalized spacial score (nSPS) is 29.7. The molecule has 1 rings (SSSR count). The van der Waals surface area contributed by atoms with Crippen LogP contribution in [-0.4, -0.2) is 19.0 Å². The van der Waals surface area contributed by atoms with Gasteiger partial charge in [0.1, 0.15) is 0 Å². The molecule has 1 nitrogen and oxygen atoms in total. The second kappa shape index (κ2) is 3.05. The molecule has 0 bridgehead atoms. The van der Waals surface area contributed by atoms with Gasteiger partial charge in [0.2, 0.25) is 0 Å². The summed E-state index contributed by atoms with van der Waals surface area (Å²) in [4.78, 5) is 0. The number of hydrogen-bond acceptors (Lipinski definition) is 1. The van der Waals surface area contributed by atoms with Gasteiger partial charge < -0.3 is 5.32 Å². The smallest absolute Gasteiger partial charge is 0.264 e. The van der Waals surface area contributed by atoms with Crippen LogP contribution in [-0.2, 0) is 0 Å². The predicted octanol–water partition coefficient (Wildman–Crippen LogP) is 1.89. The van der Waals surface area contributed by atoms with E-state index in [4.69, 9.17) is 0 Å². The molecule has 0 saturated carbocycles. The van der Waals surface area contributed by atoms with E-state index in [2.05, 4.69) is 5.32 Å². The van der Waals surface area contributed by atoms with E-state index in [-0.39, 0.29) is 6.54 Å². The molecule has 0 spiro atoms. The summed E-state index contributed by atoms with van der Waals surface area (Å²) in [6.45, 7) is 4.30. The predicted molar refractivity (Wildman–Crippen MR) is 40.8 cm³/mol. The van der Waals surface area contributed by atoms with Gasteiger partial charge in [0, 0.05) is 12.5 Å². The van der Waals surface area contributed by atoms with Gasteiger partial charge in [-0.2, -0.15) is 0 Å². The molecular formula is C8H15F2N. The van der Waals surface area contributed by atoms with Crippen LogP contribution >= 0.6 is 0 Å². The van der Waals surface area contributed by atoms with Crippen molar-refractivity contribution in [2.75, 3.05) is 13.1 Å². The Labute approximate surface area is 66.2 Å². The topological polar surface area (TPSA) is 12.0 Å². The molecule has 1 N–H and O–H groups in total. The molecule has 1 atom stereocenters. The third-order valence-electron chi connectivity index (χ3n) is 2.10. The maximum Gasteiger partial charge on any atom is 0.264 e. The van der Waals surface area contributed by atoms with Crippen molar-refractivity contribution in [1.82, 2.24) is 5.32 Å². The second-order valence-electron chi connectivity index (χ2n) is 3.72. The van der Waals surface area contributed by atoms with Gasteiger partial charge >= 0.3 is 0 Å². The van der Waals surface area contributed by atoms with E-state index in [0.717, 1.165) is 0 Å². The third-order valence-corrected chi connectivity index (χ3v) is 2.10. The first kappa shape index (κ1) is 8.91. The minimum Gasteiger partial charge on any atom is -0.311 e. The van der Waals surface area contributed by atoms with Crippen molar-refractivity contribution >= 4 is 0 Å². The zero-order chi connectivity index (χ0) is 8.48. The van der Waals surface area contributed by atoms with Crippen LogP contribution in [0.4, 0.5) is 8.78 Å². The minimum absolute atomic E-state index is 0.135. The van der Waals surface area contributed by atoms with Crippen LogP contribution in [0.2, 0.25) is 0 Å². The summed E-state index contributed by atoms with van der Waals surface area (Å²) < 4.78 is 25.8. The molecule has 1 aliphatic rings. The largest absolute Gasteiger partial charge is 0.311 e. The Morgan fingerprint density at radius 1 is 1.55 bits per heavy atom. The molecule has 1 heterocycles. The van der Waals surface area contributed by atoms with Gasteiger partial charge in [-0.15, -0.1) is 0 Å². The lowest BCUT2D eigenvalue weighted by atomic mass is 9.94. The van der Waals surface area contributed by atoms with Crippen LogP contribution in [0.3, 0.4) is 0 Å². The molecule has 11 heavy (non-hydrogen) atoms. The first-order chi connectivity index (χ1) is 5.02. The molecule has 0 aromatic heterocycles. The van der Waals surface area contributed by atoms with Gasteiger partial charge in [-0.05, 0) is 12.3 Å². The van der Waals surface area contributed by atoms with Crippen molar-refractivity contribution in [2.24, 2.45) is 11.8 Å². The Bertz CT molecular complexity index is 134. The van der Waals surface area contributed by atoms with Gasteiger partial charge in [-0.1, -0.05) is 13.8 Å². The lowest BCUT2D eigenvalue weighted by Gasteiger charge is -2.19. The number of hydrogen-bond donors (Lipinski definition) is 1. The van der Waals surface area contributed by atoms with Crippen molar-refractivity contribution in [3.05, 3.63) is 0 Å². The van der Waals surface area contributed by atoms with E-state index in [0.29, 0.717) is 18.9 Å². The van der Waals surface area contributed by atoms with Crippen LogP contribution < -0.4 is 5.32 Å². The van der Waals surface area contributed by atoms with Gasteiger partial charge in [0.25, 0.3) is 5.92 Å². The van der Waals surface area contributed by atoms with E-state index in [1.165, 1.54) is 0 Å². The Kier molecular flexibility index (Phi) is 2.47. The zero-order valence-corrected chi connectivity index (χ0v) is 7.03. The molecule has 0 amide bonds. The Morgan fingerprint density at radius 2 is 2.18 bits per heavy atom. The molecule has 1 unspecified atom stereocenters. The maximum absolute atomic E-state index is 12.9. The highest BCUT2D eigenvalue weighted by molar-refractivity contribution is 4.87. The van der Waals surface area contributed by atoms with Gasteiger partial charge in [0.05, 0.1) is 6.54 Å². The van der Waals surface area contributed by atoms with Crippen molar-refractivity contribution in [1.29, 1.82) is 0 Å². The van der Waals surface area contributed by atoms with Gasteiger partial charge in [-0.3, -0.25) is 0 Å². The summed E-state index contributed by atoms with van der Waals surface area (Å²) in [5, 5.41) is 2.72. The second-order valence-corrected chi connectivity index (χ2v) is 3.72. The summed E-state index contributed by atoms with van der Waals surface area (Å²) in [6, 6.07) is 0. The lowest BCUT2D eigenvalue weighted by molar-refractivity contribution is -0.0282. The summed E-state index contributed by atoms with van der Waals surface area (Å²) in [5.74, 6) is -2.54.